The van der Waals surface area contributed by atoms with Gasteiger partial charge in [-0.3, -0.25) is 5.43 Å². The average Bonchev–Trinajstić information content (AvgIpc) is 2.38. The number of ether oxygens (including phenoxy) is 1. The first kappa shape index (κ1) is 14.5. The van der Waals surface area contributed by atoms with E-state index in [0.29, 0.717) is 5.75 Å². The molecule has 1 N–H and O–H groups in total. The minimum atomic E-state index is -3.37. The third kappa shape index (κ3) is 3.69. The smallest absolute Gasteiger partial charge is 0.237 e. The van der Waals surface area contributed by atoms with E-state index in [1.165, 1.54) is 25.3 Å². The van der Waals surface area contributed by atoms with E-state index in [1.54, 1.807) is 12.1 Å². The van der Waals surface area contributed by atoms with Crippen molar-refractivity contribution in [3.63, 3.8) is 0 Å². The van der Waals surface area contributed by atoms with Crippen LogP contribution in [0.15, 0.2) is 28.2 Å². The third-order valence-electron chi connectivity index (χ3n) is 2.10. The standard InChI is InChI=1S/C11H10N4O3S/c1-18-11-4-3-9(19(2,16)17)5-10(11)15-14-8(6-12)7-13/h3-5,15H,1-2H3. The quantitative estimate of drug-likeness (QED) is 0.646. The molecular formula is C11H10N4O3S. The van der Waals surface area contributed by atoms with E-state index in [9.17, 15) is 8.42 Å². The van der Waals surface area contributed by atoms with Gasteiger partial charge in [-0.15, -0.1) is 0 Å². The Morgan fingerprint density at radius 1 is 1.37 bits per heavy atom. The van der Waals surface area contributed by atoms with Gasteiger partial charge in [0.05, 0.1) is 17.7 Å². The van der Waals surface area contributed by atoms with Crippen molar-refractivity contribution in [3.05, 3.63) is 18.2 Å². The molecule has 1 rings (SSSR count). The van der Waals surface area contributed by atoms with Crippen LogP contribution in [0.25, 0.3) is 0 Å². The van der Waals surface area contributed by atoms with E-state index < -0.39 is 9.84 Å². The summed E-state index contributed by atoms with van der Waals surface area (Å²) in [4.78, 5) is 0.0708. The highest BCUT2D eigenvalue weighted by atomic mass is 32.2. The van der Waals surface area contributed by atoms with Crippen molar-refractivity contribution >= 4 is 21.2 Å². The van der Waals surface area contributed by atoms with Gasteiger partial charge in [0.2, 0.25) is 5.71 Å². The molecule has 0 aromatic heterocycles. The summed E-state index contributed by atoms with van der Waals surface area (Å²) in [6.45, 7) is 0. The Kier molecular flexibility index (Phi) is 4.46. The summed E-state index contributed by atoms with van der Waals surface area (Å²) in [5.41, 5.74) is 2.29. The topological polar surface area (TPSA) is 115 Å². The van der Waals surface area contributed by atoms with Crippen LogP contribution in [0.5, 0.6) is 5.75 Å². The van der Waals surface area contributed by atoms with E-state index in [0.717, 1.165) is 6.26 Å². The van der Waals surface area contributed by atoms with E-state index in [2.05, 4.69) is 10.5 Å². The first-order valence-electron chi connectivity index (χ1n) is 4.94. The van der Waals surface area contributed by atoms with Crippen molar-refractivity contribution in [2.24, 2.45) is 5.10 Å². The van der Waals surface area contributed by atoms with Crippen molar-refractivity contribution in [3.8, 4) is 17.9 Å². The normalized spacial score (nSPS) is 9.89. The number of anilines is 1. The van der Waals surface area contributed by atoms with Crippen LogP contribution in [0.2, 0.25) is 0 Å². The third-order valence-corrected chi connectivity index (χ3v) is 3.21. The number of hydrogen-bond donors (Lipinski definition) is 1. The van der Waals surface area contributed by atoms with E-state index in [4.69, 9.17) is 15.3 Å². The second kappa shape index (κ2) is 5.85. The molecule has 0 saturated carbocycles. The number of rotatable bonds is 4. The molecule has 8 heteroatoms. The van der Waals surface area contributed by atoms with Crippen LogP contribution < -0.4 is 10.2 Å². The molecule has 1 aromatic carbocycles. The number of nitrogens with one attached hydrogen (secondary N) is 1. The molecule has 1 aromatic rings. The first-order chi connectivity index (χ1) is 8.92. The number of methoxy groups -OCH3 is 1. The van der Waals surface area contributed by atoms with Crippen LogP contribution in [-0.4, -0.2) is 27.5 Å². The lowest BCUT2D eigenvalue weighted by Gasteiger charge is -2.09. The lowest BCUT2D eigenvalue weighted by molar-refractivity contribution is 0.416. The molecule has 0 radical (unpaired) electrons. The van der Waals surface area contributed by atoms with Crippen LogP contribution >= 0.6 is 0 Å². The molecular weight excluding hydrogens is 268 g/mol. The molecule has 0 aliphatic carbocycles. The van der Waals surface area contributed by atoms with E-state index in [-0.39, 0.29) is 16.3 Å². The summed E-state index contributed by atoms with van der Waals surface area (Å²) < 4.78 is 27.9. The monoisotopic (exact) mass is 278 g/mol. The van der Waals surface area contributed by atoms with Gasteiger partial charge in [-0.05, 0) is 18.2 Å². The van der Waals surface area contributed by atoms with E-state index in [1.807, 2.05) is 0 Å². The fourth-order valence-corrected chi connectivity index (χ4v) is 1.84. The molecule has 0 heterocycles. The molecule has 0 aliphatic rings. The van der Waals surface area contributed by atoms with Gasteiger partial charge >= 0.3 is 0 Å². The maximum atomic E-state index is 11.4. The molecule has 0 bridgehead atoms. The Bertz CT molecular complexity index is 680. The summed E-state index contributed by atoms with van der Waals surface area (Å²) in [5.74, 6) is 0.339. The molecule has 0 fully saturated rings. The van der Waals surface area contributed by atoms with Crippen LogP contribution in [0.3, 0.4) is 0 Å². The zero-order valence-electron chi connectivity index (χ0n) is 10.2. The van der Waals surface area contributed by atoms with Gasteiger partial charge in [-0.2, -0.15) is 15.6 Å². The predicted octanol–water partition coefficient (Wildman–Crippen LogP) is 0.914. The molecule has 19 heavy (non-hydrogen) atoms. The summed E-state index contributed by atoms with van der Waals surface area (Å²) in [6.07, 6.45) is 1.07. The number of hydrogen-bond acceptors (Lipinski definition) is 7. The number of nitrogens with zero attached hydrogens (tertiary/aromatic N) is 3. The summed E-state index contributed by atoms with van der Waals surface area (Å²) >= 11 is 0. The fourth-order valence-electron chi connectivity index (χ4n) is 1.20. The van der Waals surface area contributed by atoms with E-state index >= 15 is 0 Å². The van der Waals surface area contributed by atoms with Gasteiger partial charge in [0.15, 0.2) is 9.84 Å². The fraction of sp³-hybridized carbons (Fsp3) is 0.182. The Morgan fingerprint density at radius 2 is 2.00 bits per heavy atom. The van der Waals surface area contributed by atoms with Gasteiger partial charge in [0.25, 0.3) is 0 Å². The molecule has 7 nitrogen and oxygen atoms in total. The summed E-state index contributed by atoms with van der Waals surface area (Å²) in [7, 11) is -1.97. The molecule has 0 aliphatic heterocycles. The lowest BCUT2D eigenvalue weighted by Crippen LogP contribution is -2.02. The van der Waals surface area contributed by atoms with Gasteiger partial charge < -0.3 is 4.74 Å². The zero-order valence-corrected chi connectivity index (χ0v) is 11.0. The van der Waals surface area contributed by atoms with Crippen molar-refractivity contribution in [1.29, 1.82) is 10.5 Å². The molecule has 98 valence electrons. The number of benzene rings is 1. The van der Waals surface area contributed by atoms with Gasteiger partial charge in [0.1, 0.15) is 17.9 Å². The highest BCUT2D eigenvalue weighted by Gasteiger charge is 2.11. The molecule has 0 atom stereocenters. The van der Waals surface area contributed by atoms with Crippen molar-refractivity contribution in [2.45, 2.75) is 4.90 Å². The second-order valence-electron chi connectivity index (χ2n) is 3.43. The minimum absolute atomic E-state index is 0.0708. The van der Waals surface area contributed by atoms with Crippen LogP contribution in [0.1, 0.15) is 0 Å². The van der Waals surface area contributed by atoms with Gasteiger partial charge in [0, 0.05) is 6.26 Å². The van der Waals surface area contributed by atoms with Crippen LogP contribution in [0, 0.1) is 22.7 Å². The lowest BCUT2D eigenvalue weighted by atomic mass is 10.3. The molecule has 0 spiro atoms. The number of sulfone groups is 1. The predicted molar refractivity (Wildman–Crippen MR) is 68.4 cm³/mol. The van der Waals surface area contributed by atoms with Crippen LogP contribution in [0.4, 0.5) is 5.69 Å². The highest BCUT2D eigenvalue weighted by molar-refractivity contribution is 7.90. The molecule has 0 amide bonds. The highest BCUT2D eigenvalue weighted by Crippen LogP contribution is 2.27. The van der Waals surface area contributed by atoms with Gasteiger partial charge in [-0.25, -0.2) is 8.42 Å². The van der Waals surface area contributed by atoms with Crippen LogP contribution in [-0.2, 0) is 9.84 Å². The van der Waals surface area contributed by atoms with Gasteiger partial charge in [-0.1, -0.05) is 0 Å². The number of hydrazone groups is 1. The SMILES string of the molecule is COc1ccc(S(C)(=O)=O)cc1NN=C(C#N)C#N. The maximum Gasteiger partial charge on any atom is 0.237 e. The average molecular weight is 278 g/mol. The summed E-state index contributed by atoms with van der Waals surface area (Å²) in [5, 5.41) is 20.6. The Hall–Kier alpha value is -2.58. The first-order valence-corrected chi connectivity index (χ1v) is 6.83. The number of nitriles is 2. The molecule has 0 unspecified atom stereocenters. The maximum absolute atomic E-state index is 11.4. The molecule has 0 saturated heterocycles. The Morgan fingerprint density at radius 3 is 2.47 bits per heavy atom. The second-order valence-corrected chi connectivity index (χ2v) is 5.45. The Labute approximate surface area is 110 Å². The van der Waals surface area contributed by atoms with Crippen molar-refractivity contribution in [1.82, 2.24) is 0 Å². The largest absolute Gasteiger partial charge is 0.495 e. The Balaban J connectivity index is 3.23. The van der Waals surface area contributed by atoms with Crippen molar-refractivity contribution in [2.75, 3.05) is 18.8 Å². The summed E-state index contributed by atoms with van der Waals surface area (Å²) in [6, 6.07) is 7.29. The zero-order chi connectivity index (χ0) is 14.5. The minimum Gasteiger partial charge on any atom is -0.495 e. The van der Waals surface area contributed by atoms with Crippen molar-refractivity contribution < 1.29 is 13.2 Å².